The number of nitrogens with zero attached hydrogens (tertiary/aromatic N) is 4. The Balaban J connectivity index is 0.984. The lowest BCUT2D eigenvalue weighted by atomic mass is 9.87. The molecule has 0 fully saturated rings. The Kier molecular flexibility index (Phi) is 6.55. The zero-order valence-electron chi connectivity index (χ0n) is 26.3. The Morgan fingerprint density at radius 2 is 1.70 bits per heavy atom. The summed E-state index contributed by atoms with van der Waals surface area (Å²) in [6, 6.07) is 22.4. The molecule has 3 aromatic carbocycles. The Morgan fingerprint density at radius 3 is 2.52 bits per heavy atom. The van der Waals surface area contributed by atoms with Gasteiger partial charge < -0.3 is 4.57 Å². The van der Waals surface area contributed by atoms with Gasteiger partial charge in [-0.2, -0.15) is 0 Å². The largest absolute Gasteiger partial charge is 0.312 e. The van der Waals surface area contributed by atoms with Crippen molar-refractivity contribution in [2.45, 2.75) is 51.9 Å². The predicted molar refractivity (Wildman–Crippen MR) is 193 cm³/mol. The highest BCUT2D eigenvalue weighted by Gasteiger charge is 2.23. The van der Waals surface area contributed by atoms with Gasteiger partial charge in [0.1, 0.15) is 0 Å². The molecule has 4 heteroatoms. The first-order chi connectivity index (χ1) is 22.7. The van der Waals surface area contributed by atoms with E-state index in [1.165, 1.54) is 72.0 Å². The quantitative estimate of drug-likeness (QED) is 0.204. The van der Waals surface area contributed by atoms with Gasteiger partial charge in [-0.15, -0.1) is 0 Å². The van der Waals surface area contributed by atoms with Crippen molar-refractivity contribution < 1.29 is 0 Å². The summed E-state index contributed by atoms with van der Waals surface area (Å²) in [5.41, 5.74) is 16.7. The number of aliphatic imine (C=N–C) groups is 2. The fraction of sp³-hybridized carbons (Fsp3) is 0.214. The van der Waals surface area contributed by atoms with Gasteiger partial charge in [0.25, 0.3) is 0 Å². The van der Waals surface area contributed by atoms with Crippen LogP contribution in [-0.4, -0.2) is 28.0 Å². The van der Waals surface area contributed by atoms with E-state index in [0.717, 1.165) is 68.5 Å². The minimum atomic E-state index is 0.878. The molecule has 4 nitrogen and oxygen atoms in total. The summed E-state index contributed by atoms with van der Waals surface area (Å²) in [6.45, 7) is 3.06. The number of hydrogen-bond donors (Lipinski definition) is 0. The molecule has 9 rings (SSSR count). The number of pyridine rings is 1. The topological polar surface area (TPSA) is 42.5 Å². The summed E-state index contributed by atoms with van der Waals surface area (Å²) in [5, 5.41) is 3.99. The number of aryl methyl sites for hydroxylation is 2. The normalized spacial score (nSPS) is 17.3. The fourth-order valence-corrected chi connectivity index (χ4v) is 7.84. The van der Waals surface area contributed by atoms with Crippen LogP contribution in [0.2, 0.25) is 0 Å². The Morgan fingerprint density at radius 1 is 0.783 bits per heavy atom. The lowest BCUT2D eigenvalue weighted by Crippen LogP contribution is -2.11. The first-order valence-corrected chi connectivity index (χ1v) is 16.7. The van der Waals surface area contributed by atoms with Gasteiger partial charge in [0.05, 0.1) is 22.6 Å². The number of hydrogen-bond acceptors (Lipinski definition) is 3. The monoisotopic (exact) mass is 596 g/mol. The molecule has 224 valence electrons. The SMILES string of the molecule is Cc1ccc2c(c1)c1c(n2C2=CC=C(C3=CN=C(c4ccc(-c5cc6c(c7ccccc57)C=CCC6)cn4)CC3)CC2)C=NCC1. The van der Waals surface area contributed by atoms with Gasteiger partial charge in [0.2, 0.25) is 0 Å². The number of rotatable bonds is 4. The highest BCUT2D eigenvalue weighted by molar-refractivity contribution is 6.04. The molecule has 0 spiro atoms. The van der Waals surface area contributed by atoms with Crippen molar-refractivity contribution in [1.29, 1.82) is 0 Å². The van der Waals surface area contributed by atoms with Gasteiger partial charge in [-0.3, -0.25) is 15.0 Å². The van der Waals surface area contributed by atoms with E-state index >= 15 is 0 Å². The van der Waals surface area contributed by atoms with E-state index in [1.54, 1.807) is 0 Å². The second-order valence-corrected chi connectivity index (χ2v) is 13.0. The Labute approximate surface area is 269 Å². The summed E-state index contributed by atoms with van der Waals surface area (Å²) in [7, 11) is 0. The molecule has 4 heterocycles. The van der Waals surface area contributed by atoms with Crippen LogP contribution in [0.1, 0.15) is 65.7 Å². The van der Waals surface area contributed by atoms with Crippen LogP contribution in [0.25, 0.3) is 44.6 Å². The van der Waals surface area contributed by atoms with E-state index in [2.05, 4.69) is 114 Å². The van der Waals surface area contributed by atoms with Gasteiger partial charge >= 0.3 is 0 Å². The van der Waals surface area contributed by atoms with Gasteiger partial charge in [-0.25, -0.2) is 0 Å². The summed E-state index contributed by atoms with van der Waals surface area (Å²) >= 11 is 0. The Bertz CT molecular complexity index is 2250. The molecule has 0 amide bonds. The minimum Gasteiger partial charge on any atom is -0.312 e. The predicted octanol–water partition coefficient (Wildman–Crippen LogP) is 9.83. The van der Waals surface area contributed by atoms with Crippen molar-refractivity contribution in [2.75, 3.05) is 6.54 Å². The van der Waals surface area contributed by atoms with Crippen LogP contribution in [0.4, 0.5) is 0 Å². The van der Waals surface area contributed by atoms with Crippen LogP contribution in [0.5, 0.6) is 0 Å². The zero-order chi connectivity index (χ0) is 30.6. The number of benzene rings is 3. The highest BCUT2D eigenvalue weighted by atomic mass is 15.0. The van der Waals surface area contributed by atoms with Crippen molar-refractivity contribution in [3.05, 3.63) is 136 Å². The summed E-state index contributed by atoms with van der Waals surface area (Å²) in [6.07, 6.45) is 22.6. The third-order valence-electron chi connectivity index (χ3n) is 10.2. The van der Waals surface area contributed by atoms with E-state index in [1.807, 2.05) is 6.20 Å². The molecule has 2 aliphatic carbocycles. The average molecular weight is 597 g/mol. The molecular formula is C42H36N4. The summed E-state index contributed by atoms with van der Waals surface area (Å²) in [5.74, 6) is 0. The molecule has 0 bridgehead atoms. The zero-order valence-corrected chi connectivity index (χ0v) is 26.3. The maximum absolute atomic E-state index is 4.94. The van der Waals surface area contributed by atoms with Crippen molar-refractivity contribution in [1.82, 2.24) is 9.55 Å². The first-order valence-electron chi connectivity index (χ1n) is 16.7. The maximum Gasteiger partial charge on any atom is 0.0844 e. The van der Waals surface area contributed by atoms with Crippen LogP contribution in [-0.2, 0) is 12.8 Å². The molecule has 2 aliphatic heterocycles. The van der Waals surface area contributed by atoms with Gasteiger partial charge in [0, 0.05) is 41.8 Å². The molecule has 0 saturated carbocycles. The smallest absolute Gasteiger partial charge is 0.0844 e. The van der Waals surface area contributed by atoms with Crippen LogP contribution >= 0.6 is 0 Å². The minimum absolute atomic E-state index is 0.878. The number of allylic oxidation sites excluding steroid dienone is 6. The molecule has 4 aliphatic rings. The molecule has 0 atom stereocenters. The molecule has 2 aromatic heterocycles. The summed E-state index contributed by atoms with van der Waals surface area (Å²) in [4.78, 5) is 14.5. The van der Waals surface area contributed by atoms with Gasteiger partial charge in [-0.05, 0) is 126 Å². The second kappa shape index (κ2) is 11.1. The third-order valence-corrected chi connectivity index (χ3v) is 10.2. The van der Waals surface area contributed by atoms with Crippen LogP contribution in [0, 0.1) is 6.92 Å². The van der Waals surface area contributed by atoms with Gasteiger partial charge in [-0.1, -0.05) is 60.2 Å². The maximum atomic E-state index is 4.94. The average Bonchev–Trinajstić information content (AvgIpc) is 3.45. The van der Waals surface area contributed by atoms with E-state index < -0.39 is 0 Å². The third kappa shape index (κ3) is 4.55. The number of aromatic nitrogens is 2. The lowest BCUT2D eigenvalue weighted by molar-refractivity contribution is 0.873. The first kappa shape index (κ1) is 27.2. The molecule has 0 N–H and O–H groups in total. The molecule has 0 radical (unpaired) electrons. The second-order valence-electron chi connectivity index (χ2n) is 13.0. The van der Waals surface area contributed by atoms with Crippen molar-refractivity contribution in [2.24, 2.45) is 9.98 Å². The van der Waals surface area contributed by atoms with E-state index in [0.29, 0.717) is 0 Å². The van der Waals surface area contributed by atoms with E-state index in [4.69, 9.17) is 9.98 Å². The fourth-order valence-electron chi connectivity index (χ4n) is 7.84. The van der Waals surface area contributed by atoms with Crippen LogP contribution < -0.4 is 0 Å². The molecule has 0 unspecified atom stereocenters. The van der Waals surface area contributed by atoms with Gasteiger partial charge in [0.15, 0.2) is 0 Å². The Hall–Kier alpha value is -5.09. The van der Waals surface area contributed by atoms with Crippen LogP contribution in [0.15, 0.2) is 112 Å². The summed E-state index contributed by atoms with van der Waals surface area (Å²) < 4.78 is 2.45. The number of fused-ring (bicyclic) bond motifs is 6. The van der Waals surface area contributed by atoms with Crippen molar-refractivity contribution in [3.63, 3.8) is 0 Å². The lowest BCUT2D eigenvalue weighted by Gasteiger charge is -2.22. The van der Waals surface area contributed by atoms with E-state index in [-0.39, 0.29) is 0 Å². The molecular weight excluding hydrogens is 560 g/mol. The van der Waals surface area contributed by atoms with Crippen molar-refractivity contribution >= 4 is 45.4 Å². The highest BCUT2D eigenvalue weighted by Crippen LogP contribution is 2.38. The standard InChI is InChI=1S/C42H36N4/c1-27-10-19-41-38(22-27)36-20-21-43-26-42(36)46(41)32-15-11-28(12-16-32)30-13-17-39(44-24-30)40-18-14-31(25-45-40)37-23-29-6-2-3-7-33(29)34-8-4-5-9-35(34)37/h3-5,7-11,14-15,18-19,22-26H,2,6,12-13,16-17,20-21H2,1H3. The molecule has 0 saturated heterocycles. The van der Waals surface area contributed by atoms with Crippen molar-refractivity contribution in [3.8, 4) is 11.1 Å². The van der Waals surface area contributed by atoms with E-state index in [9.17, 15) is 0 Å². The molecule has 46 heavy (non-hydrogen) atoms. The molecule has 5 aromatic rings. The van der Waals surface area contributed by atoms with Crippen LogP contribution in [0.3, 0.4) is 0 Å².